The average Bonchev–Trinajstić information content (AvgIpc) is 2.78. The zero-order chi connectivity index (χ0) is 25.5. The lowest BCUT2D eigenvalue weighted by atomic mass is 9.78. The van der Waals surface area contributed by atoms with E-state index in [2.05, 4.69) is 4.98 Å². The highest BCUT2D eigenvalue weighted by Gasteiger charge is 2.38. The Hall–Kier alpha value is -2.94. The van der Waals surface area contributed by atoms with Gasteiger partial charge in [0.15, 0.2) is 0 Å². The molecule has 1 heterocycles. The number of halogens is 7. The fourth-order valence-electron chi connectivity index (χ4n) is 4.51. The van der Waals surface area contributed by atoms with Crippen molar-refractivity contribution in [2.45, 2.75) is 57.2 Å². The van der Waals surface area contributed by atoms with E-state index in [4.69, 9.17) is 4.74 Å². The monoisotopic (exact) mass is 497 g/mol. The predicted molar refractivity (Wildman–Crippen MR) is 115 cm³/mol. The second kappa shape index (κ2) is 9.26. The molecular formula is C26H22F7NO. The van der Waals surface area contributed by atoms with Gasteiger partial charge in [-0.05, 0) is 79.3 Å². The van der Waals surface area contributed by atoms with E-state index in [0.717, 1.165) is 22.4 Å². The summed E-state index contributed by atoms with van der Waals surface area (Å²) in [4.78, 5) is 4.48. The van der Waals surface area contributed by atoms with E-state index < -0.39 is 47.4 Å². The smallest absolute Gasteiger partial charge is 0.370 e. The van der Waals surface area contributed by atoms with Crippen LogP contribution in [0.3, 0.4) is 0 Å². The molecule has 2 nitrogen and oxygen atoms in total. The van der Waals surface area contributed by atoms with E-state index in [0.29, 0.717) is 25.0 Å². The minimum atomic E-state index is -4.95. The summed E-state index contributed by atoms with van der Waals surface area (Å²) in [5.74, 6) is -0.844. The number of alkyl halides is 6. The minimum Gasteiger partial charge on any atom is -0.370 e. The van der Waals surface area contributed by atoms with E-state index in [1.165, 1.54) is 19.1 Å². The average molecular weight is 497 g/mol. The number of hydrogen-bond acceptors (Lipinski definition) is 2. The Kier molecular flexibility index (Phi) is 6.66. The molecule has 3 aromatic rings. The van der Waals surface area contributed by atoms with Crippen LogP contribution in [0.1, 0.15) is 64.4 Å². The molecule has 2 aromatic carbocycles. The first-order valence-electron chi connectivity index (χ1n) is 11.0. The maximum absolute atomic E-state index is 13.6. The molecule has 1 unspecified atom stereocenters. The summed E-state index contributed by atoms with van der Waals surface area (Å²) in [6, 6.07) is 9.22. The molecule has 0 N–H and O–H groups in total. The highest BCUT2D eigenvalue weighted by atomic mass is 19.4. The topological polar surface area (TPSA) is 22.1 Å². The van der Waals surface area contributed by atoms with Gasteiger partial charge in [0.25, 0.3) is 0 Å². The highest BCUT2D eigenvalue weighted by molar-refractivity contribution is 5.41. The lowest BCUT2D eigenvalue weighted by Crippen LogP contribution is -2.31. The van der Waals surface area contributed by atoms with Gasteiger partial charge in [-0.2, -0.15) is 26.3 Å². The number of benzene rings is 2. The zero-order valence-corrected chi connectivity index (χ0v) is 18.8. The van der Waals surface area contributed by atoms with E-state index in [1.54, 1.807) is 18.3 Å². The summed E-state index contributed by atoms with van der Waals surface area (Å²) in [6.07, 6.45) is -8.83. The van der Waals surface area contributed by atoms with E-state index in [-0.39, 0.29) is 11.6 Å². The van der Waals surface area contributed by atoms with Gasteiger partial charge >= 0.3 is 12.4 Å². The van der Waals surface area contributed by atoms with Crippen molar-refractivity contribution in [1.29, 1.82) is 0 Å². The van der Waals surface area contributed by atoms with E-state index >= 15 is 0 Å². The largest absolute Gasteiger partial charge is 0.416 e. The Labute approximate surface area is 197 Å². The van der Waals surface area contributed by atoms with Crippen LogP contribution >= 0.6 is 0 Å². The molecule has 4 rings (SSSR count). The molecule has 186 valence electrons. The van der Waals surface area contributed by atoms with Crippen molar-refractivity contribution in [3.05, 3.63) is 99.6 Å². The van der Waals surface area contributed by atoms with Crippen LogP contribution in [0.25, 0.3) is 0 Å². The number of rotatable bonds is 4. The van der Waals surface area contributed by atoms with Gasteiger partial charge in [0, 0.05) is 17.8 Å². The number of aryl methyl sites for hydroxylation is 2. The molecule has 0 amide bonds. The van der Waals surface area contributed by atoms with Crippen molar-refractivity contribution in [1.82, 2.24) is 4.98 Å². The second-order valence-corrected chi connectivity index (χ2v) is 8.77. The van der Waals surface area contributed by atoms with Gasteiger partial charge in [-0.25, -0.2) is 4.39 Å². The molecule has 0 radical (unpaired) electrons. The Balaban J connectivity index is 1.72. The molecule has 1 aliphatic rings. The van der Waals surface area contributed by atoms with Crippen LogP contribution in [0, 0.1) is 12.7 Å². The van der Waals surface area contributed by atoms with Crippen LogP contribution in [0.2, 0.25) is 0 Å². The molecule has 1 aromatic heterocycles. The summed E-state index contributed by atoms with van der Waals surface area (Å²) in [7, 11) is 0. The van der Waals surface area contributed by atoms with Crippen LogP contribution in [0.15, 0.2) is 54.7 Å². The van der Waals surface area contributed by atoms with Crippen LogP contribution in [-0.4, -0.2) is 11.1 Å². The minimum absolute atomic E-state index is 0.100. The molecule has 0 bridgehead atoms. The van der Waals surface area contributed by atoms with Gasteiger partial charge in [-0.15, -0.1) is 0 Å². The molecule has 1 aliphatic carbocycles. The molecule has 0 saturated carbocycles. The van der Waals surface area contributed by atoms with E-state index in [1.807, 2.05) is 13.0 Å². The summed E-state index contributed by atoms with van der Waals surface area (Å²) >= 11 is 0. The lowest BCUT2D eigenvalue weighted by molar-refractivity contribution is -0.143. The van der Waals surface area contributed by atoms with Gasteiger partial charge in [-0.3, -0.25) is 4.98 Å². The Morgan fingerprint density at radius 2 is 1.51 bits per heavy atom. The number of nitrogens with zero attached hydrogens (tertiary/aromatic N) is 1. The van der Waals surface area contributed by atoms with E-state index in [9.17, 15) is 30.7 Å². The Bertz CT molecular complexity index is 1170. The quantitative estimate of drug-likeness (QED) is 0.343. The third-order valence-electron chi connectivity index (χ3n) is 6.20. The van der Waals surface area contributed by atoms with Crippen molar-refractivity contribution in [3.63, 3.8) is 0 Å². The molecule has 0 fully saturated rings. The van der Waals surface area contributed by atoms with Crippen molar-refractivity contribution in [3.8, 4) is 0 Å². The number of fused-ring (bicyclic) bond motifs is 1. The predicted octanol–water partition coefficient (Wildman–Crippen LogP) is 7.79. The molecule has 0 aliphatic heterocycles. The standard InChI is InChI=1S/C26H22F7NO/c1-14-9-21-22(34-13-14)7-8-23(24(21)16-3-5-20(27)6-4-16)35-15(2)17-10-18(25(28,29)30)12-19(11-17)26(31,32)33/h3-6,9-13,15,23-24H,7-8H2,1-2H3/t15?,23-,24-/m1/s1. The molecule has 35 heavy (non-hydrogen) atoms. The van der Waals surface area contributed by atoms with Crippen LogP contribution in [-0.2, 0) is 23.5 Å². The van der Waals surface area contributed by atoms with Crippen molar-refractivity contribution in [2.24, 2.45) is 0 Å². The lowest BCUT2D eigenvalue weighted by Gasteiger charge is -2.35. The number of aromatic nitrogens is 1. The Morgan fingerprint density at radius 1 is 0.914 bits per heavy atom. The van der Waals surface area contributed by atoms with Crippen LogP contribution < -0.4 is 0 Å². The first kappa shape index (κ1) is 25.2. The van der Waals surface area contributed by atoms with Gasteiger partial charge in [-0.1, -0.05) is 18.2 Å². The summed E-state index contributed by atoms with van der Waals surface area (Å²) in [5.41, 5.74) is 0.284. The van der Waals surface area contributed by atoms with Gasteiger partial charge in [0.2, 0.25) is 0 Å². The zero-order valence-electron chi connectivity index (χ0n) is 18.8. The maximum Gasteiger partial charge on any atom is 0.416 e. The highest BCUT2D eigenvalue weighted by Crippen LogP contribution is 2.42. The van der Waals surface area contributed by atoms with Crippen molar-refractivity contribution in [2.75, 3.05) is 0 Å². The molecule has 0 saturated heterocycles. The van der Waals surface area contributed by atoms with Gasteiger partial charge in [0.1, 0.15) is 5.82 Å². The van der Waals surface area contributed by atoms with Crippen molar-refractivity contribution < 1.29 is 35.5 Å². The number of ether oxygens (including phenoxy) is 1. The third kappa shape index (κ3) is 5.50. The van der Waals surface area contributed by atoms with Crippen molar-refractivity contribution >= 4 is 0 Å². The summed E-state index contributed by atoms with van der Waals surface area (Å²) in [6.45, 7) is 3.30. The fraction of sp³-hybridized carbons (Fsp3) is 0.346. The maximum atomic E-state index is 13.6. The second-order valence-electron chi connectivity index (χ2n) is 8.77. The molecular weight excluding hydrogens is 475 g/mol. The summed E-state index contributed by atoms with van der Waals surface area (Å²) in [5, 5.41) is 0. The first-order valence-corrected chi connectivity index (χ1v) is 11.0. The van der Waals surface area contributed by atoms with Crippen LogP contribution in [0.5, 0.6) is 0 Å². The first-order chi connectivity index (χ1) is 16.3. The number of hydrogen-bond donors (Lipinski definition) is 0. The normalized spacial score (nSPS) is 19.3. The van der Waals surface area contributed by atoms with Gasteiger partial charge < -0.3 is 4.74 Å². The number of pyridine rings is 1. The SMILES string of the molecule is Cc1cnc2c(c1)[C@@H](c1ccc(F)cc1)[C@H](OC(C)c1cc(C(F)(F)F)cc(C(F)(F)F)c1)CC2. The third-order valence-corrected chi connectivity index (χ3v) is 6.20. The fourth-order valence-corrected chi connectivity index (χ4v) is 4.51. The molecule has 9 heteroatoms. The van der Waals surface area contributed by atoms with Gasteiger partial charge in [0.05, 0.1) is 23.3 Å². The Morgan fingerprint density at radius 3 is 2.09 bits per heavy atom. The molecule has 3 atom stereocenters. The molecule has 0 spiro atoms. The summed E-state index contributed by atoms with van der Waals surface area (Å²) < 4.78 is 99.7. The van der Waals surface area contributed by atoms with Crippen LogP contribution in [0.4, 0.5) is 30.7 Å².